The Bertz CT molecular complexity index is 836. The Hall–Kier alpha value is -2.64. The molecule has 4 heterocycles. The molecule has 8 nitrogen and oxygen atoms in total. The smallest absolute Gasteiger partial charge is 0.227 e. The van der Waals surface area contributed by atoms with Crippen molar-refractivity contribution in [3.8, 4) is 0 Å². The normalized spacial score (nSPS) is 27.5. The molecule has 0 unspecified atom stereocenters. The highest BCUT2D eigenvalue weighted by Crippen LogP contribution is 2.52. The number of aromatic amines is 1. The average molecular weight is 353 g/mol. The third-order valence-corrected chi connectivity index (χ3v) is 6.24. The van der Waals surface area contributed by atoms with Gasteiger partial charge in [-0.25, -0.2) is 4.98 Å². The van der Waals surface area contributed by atoms with E-state index in [4.69, 9.17) is 5.73 Å². The first kappa shape index (κ1) is 15.6. The number of aromatic nitrogens is 4. The lowest BCUT2D eigenvalue weighted by Crippen LogP contribution is -2.44. The van der Waals surface area contributed by atoms with Gasteiger partial charge in [0.15, 0.2) is 5.82 Å². The molecule has 0 atom stereocenters. The standard InChI is InChI=1S/C18H23N7O/c19-16(26)18-8-12(9-18)25(10-18)17-20-6-5-14(22-17)21-15-7-13(23-24-15)11-3-1-2-4-11/h5-7,11-12H,1-4,8-10H2,(H2,19,26)(H2,20,21,22,23,24). The van der Waals surface area contributed by atoms with Gasteiger partial charge in [-0.2, -0.15) is 10.1 Å². The van der Waals surface area contributed by atoms with Gasteiger partial charge < -0.3 is 16.0 Å². The van der Waals surface area contributed by atoms with Crippen LogP contribution in [0.15, 0.2) is 18.3 Å². The molecule has 0 spiro atoms. The number of hydrogen-bond donors (Lipinski definition) is 3. The first-order valence-electron chi connectivity index (χ1n) is 9.35. The second kappa shape index (κ2) is 5.69. The summed E-state index contributed by atoms with van der Waals surface area (Å²) in [5.41, 5.74) is 6.38. The van der Waals surface area contributed by atoms with Crippen LogP contribution in [0.3, 0.4) is 0 Å². The van der Waals surface area contributed by atoms with E-state index in [9.17, 15) is 4.79 Å². The quantitative estimate of drug-likeness (QED) is 0.758. The fourth-order valence-electron chi connectivity index (χ4n) is 4.69. The third kappa shape index (κ3) is 2.43. The Morgan fingerprint density at radius 3 is 2.85 bits per heavy atom. The number of rotatable bonds is 5. The van der Waals surface area contributed by atoms with Crippen LogP contribution in [0.2, 0.25) is 0 Å². The van der Waals surface area contributed by atoms with Gasteiger partial charge in [-0.15, -0.1) is 0 Å². The minimum Gasteiger partial charge on any atom is -0.369 e. The van der Waals surface area contributed by atoms with E-state index in [0.717, 1.165) is 18.7 Å². The predicted molar refractivity (Wildman–Crippen MR) is 97.1 cm³/mol. The number of H-pyrrole nitrogens is 1. The Balaban J connectivity index is 1.31. The molecular formula is C18H23N7O. The molecule has 0 radical (unpaired) electrons. The highest BCUT2D eigenvalue weighted by Gasteiger charge is 2.59. The minimum atomic E-state index is -0.379. The fourth-order valence-corrected chi connectivity index (χ4v) is 4.69. The predicted octanol–water partition coefficient (Wildman–Crippen LogP) is 2.05. The molecule has 4 N–H and O–H groups in total. The number of carbonyl (C=O) groups excluding carboxylic acids is 1. The summed E-state index contributed by atoms with van der Waals surface area (Å²) in [5, 5.41) is 10.8. The molecule has 2 aliphatic heterocycles. The topological polar surface area (TPSA) is 113 Å². The van der Waals surface area contributed by atoms with Gasteiger partial charge in [-0.1, -0.05) is 12.8 Å². The lowest BCUT2D eigenvalue weighted by atomic mass is 9.70. The zero-order valence-electron chi connectivity index (χ0n) is 14.6. The van der Waals surface area contributed by atoms with Gasteiger partial charge >= 0.3 is 0 Å². The molecule has 4 aliphatic rings. The van der Waals surface area contributed by atoms with Crippen LogP contribution in [0, 0.1) is 5.41 Å². The minimum absolute atomic E-state index is 0.207. The molecule has 6 rings (SSSR count). The van der Waals surface area contributed by atoms with Crippen molar-refractivity contribution >= 4 is 23.5 Å². The van der Waals surface area contributed by atoms with Gasteiger partial charge in [-0.3, -0.25) is 9.89 Å². The van der Waals surface area contributed by atoms with E-state index >= 15 is 0 Å². The van der Waals surface area contributed by atoms with Gasteiger partial charge in [0.1, 0.15) is 5.82 Å². The number of amides is 1. The summed E-state index contributed by atoms with van der Waals surface area (Å²) in [6, 6.07) is 4.22. The summed E-state index contributed by atoms with van der Waals surface area (Å²) in [6.07, 6.45) is 8.42. The second-order valence-electron chi connectivity index (χ2n) is 7.89. The highest BCUT2D eigenvalue weighted by atomic mass is 16.1. The van der Waals surface area contributed by atoms with E-state index in [1.165, 1.54) is 31.4 Å². The van der Waals surface area contributed by atoms with E-state index in [1.54, 1.807) is 6.20 Å². The van der Waals surface area contributed by atoms with Crippen LogP contribution in [-0.2, 0) is 4.79 Å². The van der Waals surface area contributed by atoms with E-state index < -0.39 is 0 Å². The maximum absolute atomic E-state index is 11.7. The molecule has 136 valence electrons. The molecule has 1 amide bonds. The molecule has 2 aromatic rings. The van der Waals surface area contributed by atoms with Crippen molar-refractivity contribution in [1.29, 1.82) is 0 Å². The summed E-state index contributed by atoms with van der Waals surface area (Å²) in [4.78, 5) is 22.8. The number of carbonyl (C=O) groups is 1. The molecule has 2 aliphatic carbocycles. The van der Waals surface area contributed by atoms with E-state index in [-0.39, 0.29) is 11.3 Å². The molecule has 2 bridgehead atoms. The zero-order chi connectivity index (χ0) is 17.7. The second-order valence-corrected chi connectivity index (χ2v) is 7.89. The maximum atomic E-state index is 11.7. The first-order chi connectivity index (χ1) is 12.6. The molecule has 0 aromatic carbocycles. The van der Waals surface area contributed by atoms with Crippen LogP contribution in [-0.4, -0.2) is 38.7 Å². The van der Waals surface area contributed by atoms with Crippen molar-refractivity contribution < 1.29 is 4.79 Å². The highest BCUT2D eigenvalue weighted by molar-refractivity contribution is 5.84. The zero-order valence-corrected chi connectivity index (χ0v) is 14.6. The van der Waals surface area contributed by atoms with Crippen LogP contribution >= 0.6 is 0 Å². The summed E-state index contributed by atoms with van der Waals surface area (Å²) >= 11 is 0. The van der Waals surface area contributed by atoms with Crippen molar-refractivity contribution in [3.63, 3.8) is 0 Å². The third-order valence-electron chi connectivity index (χ3n) is 6.24. The van der Waals surface area contributed by atoms with Crippen molar-refractivity contribution in [2.75, 3.05) is 16.8 Å². The number of hydrogen-bond acceptors (Lipinski definition) is 6. The summed E-state index contributed by atoms with van der Waals surface area (Å²) < 4.78 is 0. The fraction of sp³-hybridized carbons (Fsp3) is 0.556. The molecule has 8 heteroatoms. The summed E-state index contributed by atoms with van der Waals surface area (Å²) in [7, 11) is 0. The van der Waals surface area contributed by atoms with Crippen molar-refractivity contribution in [1.82, 2.24) is 20.2 Å². The summed E-state index contributed by atoms with van der Waals surface area (Å²) in [6.45, 7) is 0.616. The number of anilines is 3. The largest absolute Gasteiger partial charge is 0.369 e. The van der Waals surface area contributed by atoms with Gasteiger partial charge in [0.25, 0.3) is 0 Å². The molecular weight excluding hydrogens is 330 g/mol. The van der Waals surface area contributed by atoms with Gasteiger partial charge in [0.05, 0.1) is 5.41 Å². The number of nitrogens with one attached hydrogen (secondary N) is 2. The molecule has 2 saturated heterocycles. The van der Waals surface area contributed by atoms with Crippen LogP contribution < -0.4 is 16.0 Å². The number of nitrogens with two attached hydrogens (primary N) is 1. The lowest BCUT2D eigenvalue weighted by Gasteiger charge is -2.33. The van der Waals surface area contributed by atoms with Crippen LogP contribution in [0.1, 0.15) is 50.1 Å². The van der Waals surface area contributed by atoms with E-state index in [0.29, 0.717) is 30.3 Å². The van der Waals surface area contributed by atoms with E-state index in [1.807, 2.05) is 6.07 Å². The van der Waals surface area contributed by atoms with Gasteiger partial charge in [-0.05, 0) is 31.7 Å². The van der Waals surface area contributed by atoms with E-state index in [2.05, 4.69) is 36.4 Å². The lowest BCUT2D eigenvalue weighted by molar-refractivity contribution is -0.129. The SMILES string of the molecule is NC(=O)C12CC(C1)N(c1nccc(Nc3cc(C4CCCC4)[nH]n3)n1)C2. The summed E-state index contributed by atoms with van der Waals surface area (Å²) in [5.74, 6) is 2.52. The van der Waals surface area contributed by atoms with Crippen molar-refractivity contribution in [3.05, 3.63) is 24.0 Å². The van der Waals surface area contributed by atoms with Crippen LogP contribution in [0.25, 0.3) is 0 Å². The van der Waals surface area contributed by atoms with Crippen molar-refractivity contribution in [2.45, 2.75) is 50.5 Å². The molecule has 26 heavy (non-hydrogen) atoms. The Morgan fingerprint density at radius 1 is 1.31 bits per heavy atom. The Morgan fingerprint density at radius 2 is 2.12 bits per heavy atom. The van der Waals surface area contributed by atoms with Gasteiger partial charge in [0, 0.05) is 36.5 Å². The molecule has 2 aromatic heterocycles. The Labute approximate surface area is 151 Å². The van der Waals surface area contributed by atoms with Crippen LogP contribution in [0.4, 0.5) is 17.6 Å². The van der Waals surface area contributed by atoms with Gasteiger partial charge in [0.2, 0.25) is 11.9 Å². The maximum Gasteiger partial charge on any atom is 0.227 e. The molecule has 2 saturated carbocycles. The van der Waals surface area contributed by atoms with Crippen LogP contribution in [0.5, 0.6) is 0 Å². The average Bonchev–Trinajstić information content (AvgIpc) is 3.36. The Kier molecular flexibility index (Phi) is 3.41. The molecule has 4 fully saturated rings. The number of primary amides is 1. The number of nitrogens with zero attached hydrogens (tertiary/aromatic N) is 4. The monoisotopic (exact) mass is 353 g/mol. The first-order valence-corrected chi connectivity index (χ1v) is 9.35. The van der Waals surface area contributed by atoms with Crippen molar-refractivity contribution in [2.24, 2.45) is 11.1 Å². The number of fused-ring (bicyclic) bond motifs is 1.